The standard InChI is InChI=1S/C12H16O2/c1-4-6-8-10(3)11(12(13)14)9-7-5-2/h10-11H,8-9H2,1-3H3,(H,13,14). The number of aliphatic carboxylic acids is 1. The number of carboxylic acids is 1. The van der Waals surface area contributed by atoms with Crippen LogP contribution in [-0.4, -0.2) is 11.1 Å². The van der Waals surface area contributed by atoms with E-state index in [1.807, 2.05) is 6.92 Å². The van der Waals surface area contributed by atoms with Gasteiger partial charge in [-0.1, -0.05) is 6.92 Å². The highest BCUT2D eigenvalue weighted by Gasteiger charge is 2.22. The van der Waals surface area contributed by atoms with Gasteiger partial charge in [0.05, 0.1) is 5.92 Å². The predicted octanol–water partition coefficient (Wildman–Crippen LogP) is 2.15. The molecule has 0 aliphatic heterocycles. The van der Waals surface area contributed by atoms with Crippen LogP contribution in [0.2, 0.25) is 0 Å². The van der Waals surface area contributed by atoms with Crippen LogP contribution in [0.5, 0.6) is 0 Å². The van der Waals surface area contributed by atoms with E-state index in [4.69, 9.17) is 5.11 Å². The summed E-state index contributed by atoms with van der Waals surface area (Å²) in [6, 6.07) is 0. The smallest absolute Gasteiger partial charge is 0.307 e. The maximum Gasteiger partial charge on any atom is 0.307 e. The number of rotatable bonds is 4. The van der Waals surface area contributed by atoms with Crippen LogP contribution in [0.25, 0.3) is 0 Å². The van der Waals surface area contributed by atoms with Crippen LogP contribution in [0.4, 0.5) is 0 Å². The van der Waals surface area contributed by atoms with Gasteiger partial charge in [0.25, 0.3) is 0 Å². The average molecular weight is 192 g/mol. The van der Waals surface area contributed by atoms with Gasteiger partial charge in [-0.05, 0) is 19.8 Å². The van der Waals surface area contributed by atoms with Crippen LogP contribution >= 0.6 is 0 Å². The van der Waals surface area contributed by atoms with Gasteiger partial charge >= 0.3 is 5.97 Å². The maximum atomic E-state index is 10.9. The van der Waals surface area contributed by atoms with E-state index in [1.165, 1.54) is 0 Å². The Bertz CT molecular complexity index is 296. The summed E-state index contributed by atoms with van der Waals surface area (Å²) in [6.07, 6.45) is 1.04. The van der Waals surface area contributed by atoms with Crippen molar-refractivity contribution in [2.45, 2.75) is 33.6 Å². The summed E-state index contributed by atoms with van der Waals surface area (Å²) >= 11 is 0. The zero-order chi connectivity index (χ0) is 11.0. The zero-order valence-corrected chi connectivity index (χ0v) is 8.92. The fourth-order valence-corrected chi connectivity index (χ4v) is 1.15. The molecule has 0 amide bonds. The molecule has 0 fully saturated rings. The highest BCUT2D eigenvalue weighted by Crippen LogP contribution is 2.18. The molecule has 0 aromatic carbocycles. The van der Waals surface area contributed by atoms with E-state index in [1.54, 1.807) is 13.8 Å². The summed E-state index contributed by atoms with van der Waals surface area (Å²) < 4.78 is 0. The minimum atomic E-state index is -0.779. The second-order valence-corrected chi connectivity index (χ2v) is 3.18. The van der Waals surface area contributed by atoms with Crippen molar-refractivity contribution in [2.75, 3.05) is 0 Å². The Morgan fingerprint density at radius 1 is 1.21 bits per heavy atom. The van der Waals surface area contributed by atoms with Crippen LogP contribution in [0.15, 0.2) is 0 Å². The fourth-order valence-electron chi connectivity index (χ4n) is 1.15. The maximum absolute atomic E-state index is 10.9. The zero-order valence-electron chi connectivity index (χ0n) is 8.92. The highest BCUT2D eigenvalue weighted by molar-refractivity contribution is 5.70. The predicted molar refractivity (Wildman–Crippen MR) is 56.4 cm³/mol. The molecule has 0 bridgehead atoms. The van der Waals surface area contributed by atoms with Crippen molar-refractivity contribution in [1.82, 2.24) is 0 Å². The van der Waals surface area contributed by atoms with E-state index < -0.39 is 11.9 Å². The first-order chi connectivity index (χ1) is 6.63. The average Bonchev–Trinajstić information content (AvgIpc) is 2.14. The second kappa shape index (κ2) is 7.04. The van der Waals surface area contributed by atoms with Gasteiger partial charge in [-0.2, -0.15) is 0 Å². The molecular formula is C12H16O2. The molecule has 1 N–H and O–H groups in total. The molecule has 0 heterocycles. The van der Waals surface area contributed by atoms with E-state index in [0.29, 0.717) is 12.8 Å². The van der Waals surface area contributed by atoms with E-state index in [-0.39, 0.29) is 5.92 Å². The molecule has 0 aromatic rings. The Morgan fingerprint density at radius 3 is 2.14 bits per heavy atom. The van der Waals surface area contributed by atoms with E-state index >= 15 is 0 Å². The largest absolute Gasteiger partial charge is 0.481 e. The Hall–Kier alpha value is -1.41. The fraction of sp³-hybridized carbons (Fsp3) is 0.583. The second-order valence-electron chi connectivity index (χ2n) is 3.18. The monoisotopic (exact) mass is 192 g/mol. The first kappa shape index (κ1) is 12.6. The SMILES string of the molecule is CC#CCC(C)C(CC#CC)C(=O)O. The van der Waals surface area contributed by atoms with Gasteiger partial charge in [-0.3, -0.25) is 4.79 Å². The molecule has 0 aliphatic rings. The number of hydrogen-bond donors (Lipinski definition) is 1. The molecule has 0 saturated carbocycles. The molecule has 0 spiro atoms. The molecule has 0 radical (unpaired) electrons. The summed E-state index contributed by atoms with van der Waals surface area (Å²) in [6.45, 7) is 5.38. The summed E-state index contributed by atoms with van der Waals surface area (Å²) in [7, 11) is 0. The van der Waals surface area contributed by atoms with Crippen molar-refractivity contribution >= 4 is 5.97 Å². The van der Waals surface area contributed by atoms with E-state index in [9.17, 15) is 4.79 Å². The Kier molecular flexibility index (Phi) is 6.33. The van der Waals surface area contributed by atoms with Crippen molar-refractivity contribution in [1.29, 1.82) is 0 Å². The molecule has 0 aromatic heterocycles. The number of hydrogen-bond acceptors (Lipinski definition) is 1. The third-order valence-corrected chi connectivity index (χ3v) is 2.10. The molecule has 0 aliphatic carbocycles. The Morgan fingerprint density at radius 2 is 1.71 bits per heavy atom. The molecule has 2 nitrogen and oxygen atoms in total. The normalized spacial score (nSPS) is 12.8. The van der Waals surface area contributed by atoms with Gasteiger partial charge in [0.15, 0.2) is 0 Å². The molecule has 2 unspecified atom stereocenters. The third-order valence-electron chi connectivity index (χ3n) is 2.10. The Balaban J connectivity index is 4.34. The van der Waals surface area contributed by atoms with E-state index in [0.717, 1.165) is 0 Å². The van der Waals surface area contributed by atoms with Crippen molar-refractivity contribution in [3.05, 3.63) is 0 Å². The molecule has 14 heavy (non-hydrogen) atoms. The minimum absolute atomic E-state index is 0.0563. The van der Waals surface area contributed by atoms with Gasteiger partial charge in [-0.25, -0.2) is 0 Å². The Labute approximate surface area is 85.7 Å². The van der Waals surface area contributed by atoms with Crippen molar-refractivity contribution in [3.63, 3.8) is 0 Å². The lowest BCUT2D eigenvalue weighted by atomic mass is 9.89. The summed E-state index contributed by atoms with van der Waals surface area (Å²) in [4.78, 5) is 10.9. The highest BCUT2D eigenvalue weighted by atomic mass is 16.4. The number of carbonyl (C=O) groups is 1. The third kappa shape index (κ3) is 4.58. The minimum Gasteiger partial charge on any atom is -0.481 e. The molecule has 0 rings (SSSR count). The summed E-state index contributed by atoms with van der Waals surface area (Å²) in [5.41, 5.74) is 0. The van der Waals surface area contributed by atoms with Crippen molar-refractivity contribution < 1.29 is 9.90 Å². The van der Waals surface area contributed by atoms with Gasteiger partial charge in [0.2, 0.25) is 0 Å². The van der Waals surface area contributed by atoms with Crippen LogP contribution < -0.4 is 0 Å². The first-order valence-corrected chi connectivity index (χ1v) is 4.65. The van der Waals surface area contributed by atoms with Crippen molar-refractivity contribution in [3.8, 4) is 23.7 Å². The quantitative estimate of drug-likeness (QED) is 0.693. The van der Waals surface area contributed by atoms with Crippen molar-refractivity contribution in [2.24, 2.45) is 11.8 Å². The number of carboxylic acid groups (broad SMARTS) is 1. The van der Waals surface area contributed by atoms with Gasteiger partial charge in [0.1, 0.15) is 0 Å². The van der Waals surface area contributed by atoms with Crippen LogP contribution in [0.3, 0.4) is 0 Å². The lowest BCUT2D eigenvalue weighted by Crippen LogP contribution is -2.20. The van der Waals surface area contributed by atoms with Gasteiger partial charge in [0, 0.05) is 12.8 Å². The molecule has 76 valence electrons. The lowest BCUT2D eigenvalue weighted by Gasteiger charge is -2.15. The lowest BCUT2D eigenvalue weighted by molar-refractivity contribution is -0.143. The summed E-state index contributed by atoms with van der Waals surface area (Å²) in [5.74, 6) is 10.1. The van der Waals surface area contributed by atoms with E-state index in [2.05, 4.69) is 23.7 Å². The molecule has 2 atom stereocenters. The summed E-state index contributed by atoms with van der Waals surface area (Å²) in [5, 5.41) is 8.95. The molecule has 2 heteroatoms. The van der Waals surface area contributed by atoms with Crippen LogP contribution in [0.1, 0.15) is 33.6 Å². The topological polar surface area (TPSA) is 37.3 Å². The molecule has 0 saturated heterocycles. The molecular weight excluding hydrogens is 176 g/mol. The van der Waals surface area contributed by atoms with Gasteiger partial charge < -0.3 is 5.11 Å². The van der Waals surface area contributed by atoms with Crippen LogP contribution in [0, 0.1) is 35.5 Å². The van der Waals surface area contributed by atoms with Gasteiger partial charge in [-0.15, -0.1) is 23.7 Å². The van der Waals surface area contributed by atoms with Crippen LogP contribution in [-0.2, 0) is 4.79 Å². The first-order valence-electron chi connectivity index (χ1n) is 4.65.